The van der Waals surface area contributed by atoms with E-state index in [1.807, 2.05) is 20.8 Å². The topological polar surface area (TPSA) is 46.6 Å². The van der Waals surface area contributed by atoms with Crippen LogP contribution in [0.3, 0.4) is 0 Å². The normalized spacial score (nSPS) is 24.6. The van der Waals surface area contributed by atoms with Crippen molar-refractivity contribution in [2.24, 2.45) is 5.41 Å². The molecule has 0 amide bonds. The third-order valence-corrected chi connectivity index (χ3v) is 4.98. The lowest BCUT2D eigenvalue weighted by Gasteiger charge is -2.33. The molecule has 1 rings (SSSR count). The average molecular weight is 270 g/mol. The second kappa shape index (κ2) is 5.21. The highest BCUT2D eigenvalue weighted by Crippen LogP contribution is 2.20. The molecule has 4 nitrogen and oxygen atoms in total. The van der Waals surface area contributed by atoms with Crippen LogP contribution in [0.25, 0.3) is 0 Å². The Morgan fingerprint density at radius 2 is 2.06 bits per heavy atom. The van der Waals surface area contributed by atoms with Crippen molar-refractivity contribution in [3.63, 3.8) is 0 Å². The van der Waals surface area contributed by atoms with E-state index in [9.17, 15) is 8.42 Å². The summed E-state index contributed by atoms with van der Waals surface area (Å²) in [5.74, 6) is 0.497. The molecule has 16 heavy (non-hydrogen) atoms. The van der Waals surface area contributed by atoms with E-state index in [-0.39, 0.29) is 17.3 Å². The summed E-state index contributed by atoms with van der Waals surface area (Å²) in [6, 6.07) is 0. The van der Waals surface area contributed by atoms with E-state index in [0.717, 1.165) is 0 Å². The van der Waals surface area contributed by atoms with Crippen LogP contribution in [0.4, 0.5) is 0 Å². The Kier molecular flexibility index (Phi) is 4.63. The van der Waals surface area contributed by atoms with Crippen molar-refractivity contribution in [3.05, 3.63) is 0 Å². The number of alkyl halides is 1. The van der Waals surface area contributed by atoms with Crippen molar-refractivity contribution in [1.82, 2.24) is 4.31 Å². The van der Waals surface area contributed by atoms with Gasteiger partial charge in [-0.2, -0.15) is 4.31 Å². The molecule has 1 saturated heterocycles. The molecule has 96 valence electrons. The van der Waals surface area contributed by atoms with Crippen LogP contribution in [0.15, 0.2) is 0 Å². The predicted molar refractivity (Wildman–Crippen MR) is 65.3 cm³/mol. The molecular weight excluding hydrogens is 250 g/mol. The quantitative estimate of drug-likeness (QED) is 0.726. The first-order valence-corrected chi connectivity index (χ1v) is 7.54. The van der Waals surface area contributed by atoms with E-state index in [4.69, 9.17) is 16.3 Å². The summed E-state index contributed by atoms with van der Waals surface area (Å²) in [4.78, 5) is 0. The summed E-state index contributed by atoms with van der Waals surface area (Å²) in [5, 5.41) is 0. The van der Waals surface area contributed by atoms with Crippen molar-refractivity contribution in [3.8, 4) is 0 Å². The molecule has 6 heteroatoms. The number of hydrogen-bond acceptors (Lipinski definition) is 3. The van der Waals surface area contributed by atoms with Crippen LogP contribution < -0.4 is 0 Å². The van der Waals surface area contributed by atoms with Crippen LogP contribution in [0.5, 0.6) is 0 Å². The fourth-order valence-electron chi connectivity index (χ4n) is 1.68. The van der Waals surface area contributed by atoms with Crippen LogP contribution in [0.1, 0.15) is 20.8 Å². The lowest BCUT2D eigenvalue weighted by atomic mass is 10.0. The molecule has 0 aromatic carbocycles. The maximum Gasteiger partial charge on any atom is 0.214 e. The molecule has 0 spiro atoms. The van der Waals surface area contributed by atoms with Gasteiger partial charge < -0.3 is 4.74 Å². The molecule has 0 bridgehead atoms. The molecule has 1 unspecified atom stereocenters. The monoisotopic (exact) mass is 269 g/mol. The molecular formula is C10H20ClNO3S. The van der Waals surface area contributed by atoms with E-state index in [1.165, 1.54) is 4.31 Å². The third-order valence-electron chi connectivity index (χ3n) is 2.28. The third kappa shape index (κ3) is 4.20. The number of hydrogen-bond donors (Lipinski definition) is 0. The van der Waals surface area contributed by atoms with Crippen molar-refractivity contribution in [1.29, 1.82) is 0 Å². The van der Waals surface area contributed by atoms with Gasteiger partial charge >= 0.3 is 0 Å². The molecule has 1 fully saturated rings. The van der Waals surface area contributed by atoms with Gasteiger partial charge in [-0.15, -0.1) is 11.6 Å². The number of ether oxygens (including phenoxy) is 1. The van der Waals surface area contributed by atoms with Crippen molar-refractivity contribution >= 4 is 21.6 Å². The van der Waals surface area contributed by atoms with Gasteiger partial charge in [-0.05, 0) is 5.41 Å². The number of rotatable bonds is 3. The fourth-order valence-corrected chi connectivity index (χ4v) is 3.89. The molecule has 1 aliphatic rings. The highest BCUT2D eigenvalue weighted by molar-refractivity contribution is 7.89. The van der Waals surface area contributed by atoms with Gasteiger partial charge in [0.2, 0.25) is 10.0 Å². The smallest absolute Gasteiger partial charge is 0.214 e. The molecule has 1 atom stereocenters. The van der Waals surface area contributed by atoms with Gasteiger partial charge in [0.15, 0.2) is 0 Å². The minimum Gasteiger partial charge on any atom is -0.374 e. The molecule has 0 aromatic heterocycles. The predicted octanol–water partition coefficient (Wildman–Crippen LogP) is 1.30. The van der Waals surface area contributed by atoms with E-state index >= 15 is 0 Å². The highest BCUT2D eigenvalue weighted by atomic mass is 35.5. The maximum atomic E-state index is 12.1. The zero-order chi connectivity index (χ0) is 12.4. The summed E-state index contributed by atoms with van der Waals surface area (Å²) in [7, 11) is -3.19. The summed E-state index contributed by atoms with van der Waals surface area (Å²) in [6.45, 7) is 7.01. The molecule has 0 saturated carbocycles. The first-order chi connectivity index (χ1) is 7.24. The fraction of sp³-hybridized carbons (Fsp3) is 1.00. The minimum atomic E-state index is -3.19. The maximum absolute atomic E-state index is 12.1. The van der Waals surface area contributed by atoms with E-state index < -0.39 is 10.0 Å². The number of sulfonamides is 1. The second-order valence-electron chi connectivity index (χ2n) is 5.32. The van der Waals surface area contributed by atoms with Gasteiger partial charge in [0, 0.05) is 19.0 Å². The molecule has 0 radical (unpaired) electrons. The van der Waals surface area contributed by atoms with Crippen molar-refractivity contribution < 1.29 is 13.2 Å². The van der Waals surface area contributed by atoms with E-state index in [1.54, 1.807) is 0 Å². The van der Waals surface area contributed by atoms with Crippen molar-refractivity contribution in [2.75, 3.05) is 31.3 Å². The molecule has 0 N–H and O–H groups in total. The number of morpholine rings is 1. The Hall–Kier alpha value is 0.160. The second-order valence-corrected chi connectivity index (χ2v) is 7.60. The Balaban J connectivity index is 2.68. The molecule has 1 aliphatic heterocycles. The van der Waals surface area contributed by atoms with Gasteiger partial charge in [-0.1, -0.05) is 20.8 Å². The summed E-state index contributed by atoms with van der Waals surface area (Å²) in [5.41, 5.74) is -0.229. The summed E-state index contributed by atoms with van der Waals surface area (Å²) in [6.07, 6.45) is -0.176. The lowest BCUT2D eigenvalue weighted by molar-refractivity contribution is 0.0120. The van der Waals surface area contributed by atoms with E-state index in [2.05, 4.69) is 0 Å². The van der Waals surface area contributed by atoms with E-state index in [0.29, 0.717) is 25.6 Å². The number of nitrogens with zero attached hydrogens (tertiary/aromatic N) is 1. The summed E-state index contributed by atoms with van der Waals surface area (Å²) < 4.78 is 31.0. The molecule has 1 heterocycles. The van der Waals surface area contributed by atoms with Crippen LogP contribution in [0, 0.1) is 5.41 Å². The molecule has 0 aromatic rings. The Bertz CT molecular complexity index is 323. The van der Waals surface area contributed by atoms with Crippen LogP contribution in [-0.4, -0.2) is 50.2 Å². The Morgan fingerprint density at radius 3 is 2.56 bits per heavy atom. The van der Waals surface area contributed by atoms with Gasteiger partial charge in [0.05, 0.1) is 18.5 Å². The Labute approximate surface area is 103 Å². The lowest BCUT2D eigenvalue weighted by Crippen LogP contribution is -2.48. The van der Waals surface area contributed by atoms with Crippen LogP contribution in [-0.2, 0) is 14.8 Å². The average Bonchev–Trinajstić information content (AvgIpc) is 2.14. The Morgan fingerprint density at radius 1 is 1.44 bits per heavy atom. The van der Waals surface area contributed by atoms with Gasteiger partial charge in [0.1, 0.15) is 0 Å². The largest absolute Gasteiger partial charge is 0.374 e. The first-order valence-electron chi connectivity index (χ1n) is 5.40. The van der Waals surface area contributed by atoms with Gasteiger partial charge in [-0.3, -0.25) is 0 Å². The first kappa shape index (κ1) is 14.2. The van der Waals surface area contributed by atoms with Gasteiger partial charge in [0.25, 0.3) is 0 Å². The zero-order valence-electron chi connectivity index (χ0n) is 10.1. The van der Waals surface area contributed by atoms with Gasteiger partial charge in [-0.25, -0.2) is 8.42 Å². The zero-order valence-corrected chi connectivity index (χ0v) is 11.6. The SMILES string of the molecule is CC(C)(C)CS(=O)(=O)N1CCOC(CCl)C1. The number of halogens is 1. The highest BCUT2D eigenvalue weighted by Gasteiger charge is 2.32. The van der Waals surface area contributed by atoms with Crippen molar-refractivity contribution in [2.45, 2.75) is 26.9 Å². The minimum absolute atomic E-state index is 0.162. The van der Waals surface area contributed by atoms with Crippen LogP contribution >= 0.6 is 11.6 Å². The molecule has 0 aliphatic carbocycles. The van der Waals surface area contributed by atoms with Crippen LogP contribution in [0.2, 0.25) is 0 Å². The standard InChI is InChI=1S/C10H20ClNO3S/c1-10(2,3)8-16(13,14)12-4-5-15-9(6-11)7-12/h9H,4-8H2,1-3H3. The summed E-state index contributed by atoms with van der Waals surface area (Å²) >= 11 is 5.68.